The highest BCUT2D eigenvalue weighted by Crippen LogP contribution is 2.63. The average Bonchev–Trinajstić information content (AvgIpc) is 1.09. The van der Waals surface area contributed by atoms with Crippen molar-refractivity contribution in [2.24, 2.45) is 23.2 Å². The molecule has 16 aromatic rings. The van der Waals surface area contributed by atoms with Gasteiger partial charge in [-0.25, -0.2) is 9.59 Å². The molecule has 1 atom stereocenters. The molecule has 2 heterocycles. The van der Waals surface area contributed by atoms with Gasteiger partial charge < -0.3 is 50.1 Å². The number of carboxylic acid groups (broad SMARTS) is 4. The second-order valence-electron chi connectivity index (χ2n) is 33.0. The zero-order valence-electron chi connectivity index (χ0n) is 72.7. The van der Waals surface area contributed by atoms with Crippen molar-refractivity contribution in [3.63, 3.8) is 0 Å². The number of hydrogen-bond donors (Lipinski definition) is 3. The Morgan fingerprint density at radius 2 is 0.689 bits per heavy atom. The largest absolute Gasteiger partial charge is 0.872 e. The van der Waals surface area contributed by atoms with Crippen LogP contribution in [0.25, 0.3) is 50.1 Å². The van der Waals surface area contributed by atoms with E-state index in [0.717, 1.165) is 50.5 Å². The van der Waals surface area contributed by atoms with Gasteiger partial charge in [0.05, 0.1) is 39.3 Å². The lowest BCUT2D eigenvalue weighted by Crippen LogP contribution is -2.61. The maximum atomic E-state index is 13.5. The summed E-state index contributed by atoms with van der Waals surface area (Å²) in [6, 6.07) is 131. The van der Waals surface area contributed by atoms with Gasteiger partial charge in [0.25, 0.3) is 5.92 Å². The second-order valence-corrected chi connectivity index (χ2v) is 41.0. The zero-order chi connectivity index (χ0) is 93.4. The molecule has 1 unspecified atom stereocenters. The number of aliphatic hydroxyl groups excluding tert-OH is 1. The van der Waals surface area contributed by atoms with E-state index in [1.54, 1.807) is 19.9 Å². The summed E-state index contributed by atoms with van der Waals surface area (Å²) in [7, 11) is 0.0896. The summed E-state index contributed by atoms with van der Waals surface area (Å²) in [4.78, 5) is 63.4. The molecule has 5 aliphatic rings. The first kappa shape index (κ1) is 96.4. The third-order valence-corrected chi connectivity index (χ3v) is 32.7. The number of aromatic carboxylic acids is 2. The normalized spacial score (nSPS) is 16.2. The van der Waals surface area contributed by atoms with Gasteiger partial charge in [0.1, 0.15) is 23.6 Å². The fourth-order valence-corrected chi connectivity index (χ4v) is 26.9. The number of thiophene rings is 2. The molecule has 14 aromatic carbocycles. The van der Waals surface area contributed by atoms with Gasteiger partial charge in [0.2, 0.25) is 0 Å². The van der Waals surface area contributed by atoms with Crippen LogP contribution < -0.4 is 20.4 Å². The number of alkyl halides is 4. The average molecular weight is 1850 g/mol. The number of halogens is 4. The predicted molar refractivity (Wildman–Crippen MR) is 513 cm³/mol. The molecule has 4 bridgehead atoms. The number of ether oxygens (including phenoxy) is 1. The van der Waals surface area contributed by atoms with Crippen LogP contribution in [0.2, 0.25) is 0 Å². The summed E-state index contributed by atoms with van der Waals surface area (Å²) < 4.78 is 63.3. The van der Waals surface area contributed by atoms with Crippen LogP contribution in [-0.2, 0) is 40.9 Å². The summed E-state index contributed by atoms with van der Waals surface area (Å²) in [5, 5.41) is 74.5. The predicted octanol–water partition coefficient (Wildman–Crippen LogP) is 24.2. The molecule has 0 saturated heterocycles. The van der Waals surface area contributed by atoms with E-state index >= 15 is 0 Å². The summed E-state index contributed by atoms with van der Waals surface area (Å²) in [5.41, 5.74) is -1.04. The molecular weight excluding hydrogens is 1750 g/mol. The molecule has 0 amide bonds. The van der Waals surface area contributed by atoms with Gasteiger partial charge in [-0.1, -0.05) is 242 Å². The van der Waals surface area contributed by atoms with E-state index in [4.69, 9.17) is 14.9 Å². The topological polar surface area (TPSA) is 248 Å². The Morgan fingerprint density at radius 1 is 0.402 bits per heavy atom. The Morgan fingerprint density at radius 3 is 0.977 bits per heavy atom. The molecule has 0 aliphatic heterocycles. The maximum Gasteiger partial charge on any atom is 0.335 e. The van der Waals surface area contributed by atoms with Crippen LogP contribution in [0.15, 0.2) is 412 Å². The fourth-order valence-electron chi connectivity index (χ4n) is 17.9. The fraction of sp³-hybridized carbons (Fsp3) is 0.198. The number of carbonyl (C=O) groups is 5. The molecule has 5 saturated carbocycles. The van der Waals surface area contributed by atoms with Crippen molar-refractivity contribution in [1.29, 1.82) is 0 Å². The van der Waals surface area contributed by atoms with Crippen molar-refractivity contribution < 1.29 is 82.0 Å². The quantitative estimate of drug-likeness (QED) is 0.0411. The number of esters is 1. The monoisotopic (exact) mass is 1840 g/mol. The lowest BCUT2D eigenvalue weighted by Gasteiger charge is -2.59. The molecule has 5 aliphatic carbocycles. The van der Waals surface area contributed by atoms with Crippen molar-refractivity contribution in [3.05, 3.63) is 399 Å². The van der Waals surface area contributed by atoms with E-state index < -0.39 is 83.2 Å². The van der Waals surface area contributed by atoms with Crippen LogP contribution in [0.5, 0.6) is 11.5 Å². The number of para-hydroxylation sites is 1. The molecule has 5 fully saturated rings. The third kappa shape index (κ3) is 24.3. The van der Waals surface area contributed by atoms with E-state index in [2.05, 4.69) is 340 Å². The van der Waals surface area contributed by atoms with E-state index in [1.807, 2.05) is 0 Å². The van der Waals surface area contributed by atoms with Gasteiger partial charge in [0.15, 0.2) is 58.0 Å². The van der Waals surface area contributed by atoms with Crippen LogP contribution in [0.1, 0.15) is 110 Å². The highest BCUT2D eigenvalue weighted by Gasteiger charge is 2.60. The van der Waals surface area contributed by atoms with Crippen LogP contribution in [0.4, 0.5) is 17.6 Å². The summed E-state index contributed by atoms with van der Waals surface area (Å²) >= 11 is 0. The van der Waals surface area contributed by atoms with Crippen LogP contribution >= 0.6 is 20.9 Å². The van der Waals surface area contributed by atoms with Gasteiger partial charge in [0, 0.05) is 54.3 Å². The highest BCUT2D eigenvalue weighted by atomic mass is 32.2. The number of benzene rings is 14. The van der Waals surface area contributed by atoms with Crippen molar-refractivity contribution >= 4 is 113 Å². The summed E-state index contributed by atoms with van der Waals surface area (Å²) in [6.07, 6.45) is 4.34. The van der Waals surface area contributed by atoms with Gasteiger partial charge in [-0.05, 0) is 254 Å². The van der Waals surface area contributed by atoms with Crippen molar-refractivity contribution in [2.75, 3.05) is 0 Å². The molecule has 3 N–H and O–H groups in total. The number of carboxylic acids is 4. The highest BCUT2D eigenvalue weighted by molar-refractivity contribution is 7.97. The molecule has 21 rings (SSSR count). The Bertz CT molecular complexity index is 5890. The number of fused-ring (bicyclic) bond motifs is 6. The minimum absolute atomic E-state index is 0.0146. The second kappa shape index (κ2) is 45.1. The Kier molecular flexibility index (Phi) is 33.0. The number of aryl methyl sites for hydroxylation is 1. The molecule has 13 nitrogen and oxygen atoms in total. The number of aliphatic hydroxyl groups is 1. The third-order valence-electron chi connectivity index (χ3n) is 23.6. The van der Waals surface area contributed by atoms with Gasteiger partial charge in [-0.2, -0.15) is 17.6 Å². The Balaban J connectivity index is 0.000000129. The van der Waals surface area contributed by atoms with Crippen molar-refractivity contribution in [2.45, 2.75) is 144 Å². The van der Waals surface area contributed by atoms with Crippen LogP contribution in [-0.4, -0.2) is 68.7 Å². The zero-order valence-corrected chi connectivity index (χ0v) is 76.0. The first-order chi connectivity index (χ1) is 63.7. The minimum Gasteiger partial charge on any atom is -0.872 e. The van der Waals surface area contributed by atoms with Gasteiger partial charge >= 0.3 is 23.8 Å². The summed E-state index contributed by atoms with van der Waals surface area (Å²) in [5.74, 6) is -15.9. The number of carbonyl (C=O) groups excluding carboxylic acids is 3. The van der Waals surface area contributed by atoms with E-state index in [9.17, 15) is 67.1 Å². The SMILES string of the molecule is CC1(OC(=O)CCC(F)(F)C(=O)[O-])CCCC1.Cc1ccc(C(=O)O)c([O-])c1.O=C(O)c1ccccc1[O-].O=C([O-])C(F)(F)C(O)C12CC3CC(CC(C3)C1)C2.c1ccc(-[s+]2c3ccccc3c3ccccc32)cc1.c1ccc(-[s+]2c3ccccc3c3ccccc32)cc1.c1ccc([S+](c2ccccc2)c2ccccc2)cc1.c1ccc([S+](c2ccccc2)c2ccccc2)cc1. The number of aliphatic carboxylic acids is 2. The maximum absolute atomic E-state index is 13.5. The lowest BCUT2D eigenvalue weighted by atomic mass is 9.47. The van der Waals surface area contributed by atoms with Crippen molar-refractivity contribution in [1.82, 2.24) is 0 Å². The van der Waals surface area contributed by atoms with E-state index in [0.29, 0.717) is 37.0 Å². The Hall–Kier alpha value is -13.2. The molecule has 132 heavy (non-hydrogen) atoms. The molecule has 2 aromatic heterocycles. The van der Waals surface area contributed by atoms with Crippen LogP contribution in [0.3, 0.4) is 0 Å². The Labute approximate surface area is 776 Å². The molecule has 21 heteroatoms. The van der Waals surface area contributed by atoms with Crippen molar-refractivity contribution in [3.8, 4) is 21.3 Å². The molecule has 0 radical (unpaired) electrons. The van der Waals surface area contributed by atoms with Gasteiger partial charge in [-0.3, -0.25) is 4.79 Å². The lowest BCUT2D eigenvalue weighted by molar-refractivity contribution is -0.342. The molecule has 674 valence electrons. The number of rotatable bonds is 18. The first-order valence-electron chi connectivity index (χ1n) is 43.5. The smallest absolute Gasteiger partial charge is 0.335 e. The first-order valence-corrected chi connectivity index (χ1v) is 48.4. The van der Waals surface area contributed by atoms with E-state index in [-0.39, 0.29) is 53.9 Å². The van der Waals surface area contributed by atoms with Gasteiger partial charge in [-0.15, -0.1) is 0 Å². The molecular formula is C111H100F4O13S4. The van der Waals surface area contributed by atoms with E-state index in [1.165, 1.54) is 116 Å². The van der Waals surface area contributed by atoms with Crippen LogP contribution in [0, 0.1) is 30.1 Å². The number of hydrogen-bond acceptors (Lipinski definition) is 11. The molecule has 0 spiro atoms. The minimum atomic E-state index is -4.13. The standard InChI is InChI=1S/2C18H13S.2C18H15S.C13H18F2O3.C11H16F2O4.C8H8O3.C7H6O3/c2*1-2-8-14(9-3-1)19-17-12-6-4-10-15(17)16-11-5-7-13-18(16)19;2*1-4-10-16(11-5-1)19(17-12-6-2-7-13-17)18-14-8-3-9-15-18;14-13(15,11(17)18)10(16)12-4-7-1-8(5-12)3-9(2-7)6-12;1-10(5-2-3-6-10)17-8(14)4-7-11(12,13)9(15)16;1-5-2-3-6(8(10)11)7(9)4-5;8-6-4-2-1-3-5(6)7(9)10/h2*1-13H;2*1-15H;7-10,16H,1-6H2,(H,17,18);2-7H2,1H3,(H,15,16);2-4,9H,1H3,(H,10,11);1-4,8H,(H,9,10)/q4*+1;;;;/p-4. The summed E-state index contributed by atoms with van der Waals surface area (Å²) in [6.45, 7) is 3.50.